The molecule has 7 nitrogen and oxygen atoms in total. The van der Waals surface area contributed by atoms with Gasteiger partial charge in [0.05, 0.1) is 24.5 Å². The maximum absolute atomic E-state index is 12.8. The molecular weight excluding hydrogens is 304 g/mol. The molecule has 1 aliphatic heterocycles. The molecule has 1 amide bonds. The first kappa shape index (κ1) is 14.6. The summed E-state index contributed by atoms with van der Waals surface area (Å²) in [5.74, 6) is -0.0631. The quantitative estimate of drug-likeness (QED) is 0.734. The first-order valence-corrected chi connectivity index (χ1v) is 8.07. The molecule has 1 aromatic carbocycles. The summed E-state index contributed by atoms with van der Waals surface area (Å²) in [5.41, 5.74) is 1.27. The van der Waals surface area contributed by atoms with E-state index < -0.39 is 0 Å². The molecule has 2 aromatic heterocycles. The maximum Gasteiger partial charge on any atom is 0.276 e. The van der Waals surface area contributed by atoms with Gasteiger partial charge in [0.25, 0.3) is 5.91 Å². The first-order valence-electron chi connectivity index (χ1n) is 8.07. The summed E-state index contributed by atoms with van der Waals surface area (Å²) in [6, 6.07) is 11.7. The summed E-state index contributed by atoms with van der Waals surface area (Å²) in [6.45, 7) is 1.47. The molecule has 1 saturated heterocycles. The van der Waals surface area contributed by atoms with Gasteiger partial charge in [0, 0.05) is 18.9 Å². The highest BCUT2D eigenvalue weighted by atomic mass is 16.2. The number of hydrogen-bond donors (Lipinski definition) is 0. The van der Waals surface area contributed by atoms with Crippen LogP contribution in [0.15, 0.2) is 55.0 Å². The van der Waals surface area contributed by atoms with Crippen molar-refractivity contribution in [3.63, 3.8) is 0 Å². The fourth-order valence-corrected chi connectivity index (χ4v) is 3.13. The van der Waals surface area contributed by atoms with E-state index in [4.69, 9.17) is 0 Å². The van der Waals surface area contributed by atoms with Crippen molar-refractivity contribution in [2.75, 3.05) is 6.54 Å². The molecule has 24 heavy (non-hydrogen) atoms. The Labute approximate surface area is 139 Å². The molecule has 0 radical (unpaired) electrons. The van der Waals surface area contributed by atoms with Gasteiger partial charge >= 0.3 is 0 Å². The monoisotopic (exact) mass is 322 g/mol. The predicted octanol–water partition coefficient (Wildman–Crippen LogP) is 1.77. The van der Waals surface area contributed by atoms with Gasteiger partial charge < -0.3 is 4.90 Å². The van der Waals surface area contributed by atoms with Crippen molar-refractivity contribution < 1.29 is 4.79 Å². The van der Waals surface area contributed by atoms with Gasteiger partial charge in [-0.25, -0.2) is 4.68 Å². The molecule has 0 N–H and O–H groups in total. The normalized spacial score (nSPS) is 17.3. The lowest BCUT2D eigenvalue weighted by molar-refractivity contribution is 0.0715. The van der Waals surface area contributed by atoms with Crippen molar-refractivity contribution in [1.82, 2.24) is 29.7 Å². The highest BCUT2D eigenvalue weighted by molar-refractivity contribution is 5.92. The summed E-state index contributed by atoms with van der Waals surface area (Å²) in [4.78, 5) is 14.7. The molecule has 0 unspecified atom stereocenters. The number of benzene rings is 1. The molecule has 3 heterocycles. The zero-order chi connectivity index (χ0) is 16.4. The number of para-hydroxylation sites is 1. The molecule has 0 aliphatic carbocycles. The van der Waals surface area contributed by atoms with Crippen LogP contribution in [0.4, 0.5) is 0 Å². The van der Waals surface area contributed by atoms with Crippen LogP contribution in [0.3, 0.4) is 0 Å². The molecule has 4 rings (SSSR count). The van der Waals surface area contributed by atoms with E-state index >= 15 is 0 Å². The van der Waals surface area contributed by atoms with Crippen molar-refractivity contribution in [3.05, 3.63) is 60.7 Å². The summed E-state index contributed by atoms with van der Waals surface area (Å²) in [7, 11) is 0. The SMILES string of the molecule is O=C(c1cn(-c2ccccc2)nn1)N1CCC[C@H]1Cn1cccn1. The molecule has 1 atom stereocenters. The van der Waals surface area contributed by atoms with E-state index in [-0.39, 0.29) is 11.9 Å². The molecule has 122 valence electrons. The molecule has 0 bridgehead atoms. The summed E-state index contributed by atoms with van der Waals surface area (Å²) < 4.78 is 3.50. The van der Waals surface area contributed by atoms with Crippen molar-refractivity contribution >= 4 is 5.91 Å². The highest BCUT2D eigenvalue weighted by Gasteiger charge is 2.31. The van der Waals surface area contributed by atoms with Crippen LogP contribution in [0, 0.1) is 0 Å². The predicted molar refractivity (Wildman–Crippen MR) is 87.6 cm³/mol. The van der Waals surface area contributed by atoms with E-state index in [1.54, 1.807) is 17.1 Å². The smallest absolute Gasteiger partial charge is 0.276 e. The number of carbonyl (C=O) groups excluding carboxylic acids is 1. The Morgan fingerprint density at radius 3 is 2.88 bits per heavy atom. The zero-order valence-electron chi connectivity index (χ0n) is 13.2. The van der Waals surface area contributed by atoms with Gasteiger partial charge in [-0.3, -0.25) is 9.48 Å². The number of hydrogen-bond acceptors (Lipinski definition) is 4. The topological polar surface area (TPSA) is 68.8 Å². The minimum absolute atomic E-state index is 0.0631. The van der Waals surface area contributed by atoms with Crippen LogP contribution in [0.1, 0.15) is 23.3 Å². The molecule has 1 fully saturated rings. The second kappa shape index (κ2) is 6.27. The van der Waals surface area contributed by atoms with E-state index in [9.17, 15) is 4.79 Å². The second-order valence-electron chi connectivity index (χ2n) is 5.91. The fraction of sp³-hybridized carbons (Fsp3) is 0.294. The molecule has 7 heteroatoms. The first-order chi connectivity index (χ1) is 11.8. The number of nitrogens with zero attached hydrogens (tertiary/aromatic N) is 6. The van der Waals surface area contributed by atoms with Crippen LogP contribution in [-0.2, 0) is 6.54 Å². The van der Waals surface area contributed by atoms with Crippen molar-refractivity contribution in [3.8, 4) is 5.69 Å². The zero-order valence-corrected chi connectivity index (χ0v) is 13.2. The van der Waals surface area contributed by atoms with Gasteiger partial charge in [0.15, 0.2) is 5.69 Å². The highest BCUT2D eigenvalue weighted by Crippen LogP contribution is 2.21. The molecule has 0 spiro atoms. The van der Waals surface area contributed by atoms with Crippen LogP contribution in [-0.4, -0.2) is 48.2 Å². The number of likely N-dealkylation sites (tertiary alicyclic amines) is 1. The van der Waals surface area contributed by atoms with Crippen LogP contribution in [0.25, 0.3) is 5.69 Å². The van der Waals surface area contributed by atoms with E-state index in [0.717, 1.165) is 25.1 Å². The lowest BCUT2D eigenvalue weighted by atomic mass is 10.2. The van der Waals surface area contributed by atoms with Gasteiger partial charge in [0.2, 0.25) is 0 Å². The van der Waals surface area contributed by atoms with E-state index in [1.807, 2.05) is 52.2 Å². The molecule has 3 aromatic rings. The van der Waals surface area contributed by atoms with Crippen LogP contribution in [0.5, 0.6) is 0 Å². The van der Waals surface area contributed by atoms with Crippen molar-refractivity contribution in [2.24, 2.45) is 0 Å². The molecule has 1 aliphatic rings. The minimum Gasteiger partial charge on any atom is -0.332 e. The number of amides is 1. The Bertz CT molecular complexity index is 811. The molecular formula is C17H18N6O. The average molecular weight is 322 g/mol. The Morgan fingerprint density at radius 2 is 2.08 bits per heavy atom. The third-order valence-corrected chi connectivity index (χ3v) is 4.33. The summed E-state index contributed by atoms with van der Waals surface area (Å²) in [6.07, 6.45) is 7.36. The Hall–Kier alpha value is -2.96. The Kier molecular flexibility index (Phi) is 3.82. The Balaban J connectivity index is 1.52. The van der Waals surface area contributed by atoms with E-state index in [2.05, 4.69) is 15.4 Å². The van der Waals surface area contributed by atoms with Crippen LogP contribution < -0.4 is 0 Å². The molecule has 0 saturated carbocycles. The second-order valence-corrected chi connectivity index (χ2v) is 5.91. The average Bonchev–Trinajstić information content (AvgIpc) is 3.37. The van der Waals surface area contributed by atoms with E-state index in [0.29, 0.717) is 12.2 Å². The Morgan fingerprint density at radius 1 is 1.21 bits per heavy atom. The van der Waals surface area contributed by atoms with Gasteiger partial charge in [-0.05, 0) is 31.0 Å². The number of carbonyl (C=O) groups is 1. The number of aromatic nitrogens is 5. The maximum atomic E-state index is 12.8. The summed E-state index contributed by atoms with van der Waals surface area (Å²) in [5, 5.41) is 12.4. The van der Waals surface area contributed by atoms with Crippen molar-refractivity contribution in [2.45, 2.75) is 25.4 Å². The third kappa shape index (κ3) is 2.80. The van der Waals surface area contributed by atoms with Gasteiger partial charge in [-0.15, -0.1) is 5.10 Å². The lowest BCUT2D eigenvalue weighted by Crippen LogP contribution is -2.38. The van der Waals surface area contributed by atoms with Crippen molar-refractivity contribution in [1.29, 1.82) is 0 Å². The largest absolute Gasteiger partial charge is 0.332 e. The third-order valence-electron chi connectivity index (χ3n) is 4.33. The van der Waals surface area contributed by atoms with Crippen LogP contribution >= 0.6 is 0 Å². The van der Waals surface area contributed by atoms with Gasteiger partial charge in [0.1, 0.15) is 0 Å². The van der Waals surface area contributed by atoms with E-state index in [1.165, 1.54) is 0 Å². The fourth-order valence-electron chi connectivity index (χ4n) is 3.13. The van der Waals surface area contributed by atoms with Gasteiger partial charge in [-0.2, -0.15) is 5.10 Å². The standard InChI is InChI=1S/C17H18N6O/c24-17(16-13-23(20-19-16)14-6-2-1-3-7-14)22-11-4-8-15(22)12-21-10-5-9-18-21/h1-3,5-7,9-10,13,15H,4,8,11-12H2/t15-/m0/s1. The minimum atomic E-state index is -0.0631. The summed E-state index contributed by atoms with van der Waals surface area (Å²) >= 11 is 0. The van der Waals surface area contributed by atoms with Gasteiger partial charge in [-0.1, -0.05) is 23.4 Å². The lowest BCUT2D eigenvalue weighted by Gasteiger charge is -2.23. The number of rotatable bonds is 4. The van der Waals surface area contributed by atoms with Crippen LogP contribution in [0.2, 0.25) is 0 Å².